The van der Waals surface area contributed by atoms with Gasteiger partial charge in [-0.05, 0) is 49.9 Å². The highest BCUT2D eigenvalue weighted by Gasteiger charge is 2.41. The first-order valence-electron chi connectivity index (χ1n) is 13.0. The standard InChI is InChI=1S/C30H27FN6S3/c1-29(2,30(3,4)31)21-11-25-16(18-12-32-8-6-23(18)39-25)10-17(21)27-35-28(38-5)36-37(27)22-15-34-14-20-19-13-33-9-7-24(19)40-26(20)22/h6-13,15,34H,14H2,1-5H3. The third kappa shape index (κ3) is 3.80. The Kier molecular flexibility index (Phi) is 5.82. The summed E-state index contributed by atoms with van der Waals surface area (Å²) in [5.74, 6) is 0.693. The molecule has 1 aliphatic heterocycles. The molecular formula is C30H27FN6S3. The summed E-state index contributed by atoms with van der Waals surface area (Å²) in [6.45, 7) is 7.97. The number of thioether (sulfide) groups is 1. The summed E-state index contributed by atoms with van der Waals surface area (Å²) >= 11 is 4.94. The van der Waals surface area contributed by atoms with Crippen molar-refractivity contribution in [3.05, 3.63) is 71.3 Å². The Labute approximate surface area is 243 Å². The zero-order valence-corrected chi connectivity index (χ0v) is 25.2. The lowest BCUT2D eigenvalue weighted by atomic mass is 9.71. The predicted molar refractivity (Wildman–Crippen MR) is 166 cm³/mol. The molecule has 0 unspecified atom stereocenters. The minimum Gasteiger partial charge on any atom is -0.385 e. The normalized spacial score (nSPS) is 14.1. The van der Waals surface area contributed by atoms with Crippen molar-refractivity contribution >= 4 is 70.4 Å². The second kappa shape index (κ2) is 9.09. The molecule has 1 N–H and O–H groups in total. The van der Waals surface area contributed by atoms with Crippen molar-refractivity contribution in [1.82, 2.24) is 30.0 Å². The van der Waals surface area contributed by atoms with E-state index < -0.39 is 11.1 Å². The van der Waals surface area contributed by atoms with Crippen LogP contribution in [-0.2, 0) is 12.0 Å². The SMILES string of the molecule is CSc1nc(-c2cc3c(cc2C(C)(C)C(C)(C)F)sc2ccncc23)n(C2=CNCc3c2sc2ccncc32)n1. The van der Waals surface area contributed by atoms with E-state index >= 15 is 4.39 Å². The van der Waals surface area contributed by atoms with E-state index in [0.717, 1.165) is 53.8 Å². The average molecular weight is 587 g/mol. The summed E-state index contributed by atoms with van der Waals surface area (Å²) in [6, 6.07) is 8.40. The van der Waals surface area contributed by atoms with E-state index in [4.69, 9.17) is 10.1 Å². The lowest BCUT2D eigenvalue weighted by molar-refractivity contribution is 0.115. The van der Waals surface area contributed by atoms with Gasteiger partial charge in [0.15, 0.2) is 5.82 Å². The topological polar surface area (TPSA) is 68.5 Å². The molecule has 0 saturated carbocycles. The fourth-order valence-electron chi connectivity index (χ4n) is 5.26. The number of pyridine rings is 2. The molecule has 0 fully saturated rings. The first-order valence-corrected chi connectivity index (χ1v) is 15.8. The van der Waals surface area contributed by atoms with E-state index in [2.05, 4.69) is 33.5 Å². The van der Waals surface area contributed by atoms with Crippen LogP contribution in [0.1, 0.15) is 43.7 Å². The smallest absolute Gasteiger partial charge is 0.209 e. The van der Waals surface area contributed by atoms with Crippen LogP contribution in [0.2, 0.25) is 0 Å². The number of rotatable bonds is 5. The van der Waals surface area contributed by atoms with Crippen LogP contribution < -0.4 is 5.32 Å². The van der Waals surface area contributed by atoms with Gasteiger partial charge in [0.05, 0.1) is 4.88 Å². The van der Waals surface area contributed by atoms with Gasteiger partial charge in [0.1, 0.15) is 11.4 Å². The van der Waals surface area contributed by atoms with Crippen LogP contribution in [0, 0.1) is 0 Å². The van der Waals surface area contributed by atoms with Gasteiger partial charge >= 0.3 is 0 Å². The Morgan fingerprint density at radius 2 is 1.68 bits per heavy atom. The molecule has 0 bridgehead atoms. The number of aromatic nitrogens is 5. The summed E-state index contributed by atoms with van der Waals surface area (Å²) in [6.07, 6.45) is 11.5. The third-order valence-electron chi connectivity index (χ3n) is 8.15. The molecule has 0 atom stereocenters. The number of alkyl halides is 1. The van der Waals surface area contributed by atoms with Crippen molar-refractivity contribution in [3.8, 4) is 11.4 Å². The maximum absolute atomic E-state index is 15.9. The van der Waals surface area contributed by atoms with E-state index in [-0.39, 0.29) is 0 Å². The fraction of sp³-hybridized carbons (Fsp3) is 0.267. The lowest BCUT2D eigenvalue weighted by Gasteiger charge is -2.37. The Bertz CT molecular complexity index is 1970. The number of halogens is 1. The Morgan fingerprint density at radius 3 is 2.40 bits per heavy atom. The van der Waals surface area contributed by atoms with Gasteiger partial charge in [0.2, 0.25) is 5.16 Å². The first kappa shape index (κ1) is 25.6. The van der Waals surface area contributed by atoms with Crippen LogP contribution in [0.15, 0.2) is 60.4 Å². The maximum Gasteiger partial charge on any atom is 0.209 e. The molecule has 0 amide bonds. The molecule has 0 radical (unpaired) electrons. The molecule has 0 aliphatic carbocycles. The zero-order chi connectivity index (χ0) is 27.8. The summed E-state index contributed by atoms with van der Waals surface area (Å²) < 4.78 is 21.3. The van der Waals surface area contributed by atoms with E-state index in [1.54, 1.807) is 36.5 Å². The Hall–Kier alpha value is -3.34. The van der Waals surface area contributed by atoms with Gasteiger partial charge in [-0.1, -0.05) is 25.6 Å². The van der Waals surface area contributed by atoms with E-state index in [1.165, 1.54) is 22.0 Å². The summed E-state index contributed by atoms with van der Waals surface area (Å²) in [5.41, 5.74) is 1.60. The highest BCUT2D eigenvalue weighted by molar-refractivity contribution is 7.98. The van der Waals surface area contributed by atoms with Gasteiger partial charge in [-0.3, -0.25) is 9.97 Å². The highest BCUT2D eigenvalue weighted by Crippen LogP contribution is 2.47. The van der Waals surface area contributed by atoms with E-state index in [1.807, 2.05) is 61.8 Å². The minimum atomic E-state index is -1.49. The monoisotopic (exact) mass is 586 g/mol. The molecular weight excluding hydrogens is 560 g/mol. The molecule has 1 aromatic carbocycles. The van der Waals surface area contributed by atoms with Gasteiger partial charge in [-0.15, -0.1) is 27.8 Å². The number of benzene rings is 1. The molecule has 0 spiro atoms. The largest absolute Gasteiger partial charge is 0.385 e. The fourth-order valence-corrected chi connectivity index (χ4v) is 7.88. The van der Waals surface area contributed by atoms with Gasteiger partial charge in [-0.2, -0.15) is 0 Å². The number of fused-ring (bicyclic) bond motifs is 6. The second-order valence-corrected chi connectivity index (χ2v) is 13.9. The van der Waals surface area contributed by atoms with E-state index in [9.17, 15) is 0 Å². The van der Waals surface area contributed by atoms with Gasteiger partial charge in [0.25, 0.3) is 0 Å². The van der Waals surface area contributed by atoms with Crippen molar-refractivity contribution < 1.29 is 4.39 Å². The number of nitrogens with zero attached hydrogens (tertiary/aromatic N) is 5. The van der Waals surface area contributed by atoms with Crippen LogP contribution in [0.25, 0.3) is 47.3 Å². The molecule has 7 rings (SSSR count). The van der Waals surface area contributed by atoms with Crippen LogP contribution in [0.5, 0.6) is 0 Å². The number of hydrogen-bond acceptors (Lipinski definition) is 8. The summed E-state index contributed by atoms with van der Waals surface area (Å²) in [4.78, 5) is 14.9. The predicted octanol–water partition coefficient (Wildman–Crippen LogP) is 8.02. The number of hydrogen-bond donors (Lipinski definition) is 1. The summed E-state index contributed by atoms with van der Waals surface area (Å²) in [7, 11) is 0. The van der Waals surface area contributed by atoms with Crippen LogP contribution in [0.3, 0.4) is 0 Å². The number of thiophene rings is 2. The quantitative estimate of drug-likeness (QED) is 0.206. The maximum atomic E-state index is 15.9. The molecule has 6 heterocycles. The molecule has 0 saturated heterocycles. The molecule has 5 aromatic heterocycles. The second-order valence-electron chi connectivity index (χ2n) is 11.0. The Morgan fingerprint density at radius 1 is 0.950 bits per heavy atom. The lowest BCUT2D eigenvalue weighted by Crippen LogP contribution is -2.39. The molecule has 10 heteroatoms. The molecule has 6 nitrogen and oxygen atoms in total. The van der Waals surface area contributed by atoms with Crippen molar-refractivity contribution in [1.29, 1.82) is 0 Å². The van der Waals surface area contributed by atoms with Crippen molar-refractivity contribution in [3.63, 3.8) is 0 Å². The first-order chi connectivity index (χ1) is 19.2. The number of nitrogens with one attached hydrogen (secondary N) is 1. The molecule has 6 aromatic rings. The molecule has 1 aliphatic rings. The van der Waals surface area contributed by atoms with E-state index in [0.29, 0.717) is 11.0 Å². The average Bonchev–Trinajstić information content (AvgIpc) is 3.64. The van der Waals surface area contributed by atoms with Gasteiger partial charge in [0, 0.05) is 84.3 Å². The van der Waals surface area contributed by atoms with Crippen LogP contribution in [-0.4, -0.2) is 36.7 Å². The van der Waals surface area contributed by atoms with Crippen molar-refractivity contribution in [2.75, 3.05) is 6.26 Å². The molecule has 202 valence electrons. The minimum absolute atomic E-state index is 0.658. The van der Waals surface area contributed by atoms with Crippen molar-refractivity contribution in [2.45, 2.75) is 50.5 Å². The van der Waals surface area contributed by atoms with Crippen molar-refractivity contribution in [2.24, 2.45) is 0 Å². The Balaban J connectivity index is 1.53. The molecule has 40 heavy (non-hydrogen) atoms. The van der Waals surface area contributed by atoms with Crippen LogP contribution >= 0.6 is 34.4 Å². The van der Waals surface area contributed by atoms with Gasteiger partial charge in [-0.25, -0.2) is 14.1 Å². The zero-order valence-electron chi connectivity index (χ0n) is 22.7. The summed E-state index contributed by atoms with van der Waals surface area (Å²) in [5, 5.41) is 12.4. The highest BCUT2D eigenvalue weighted by atomic mass is 32.2. The third-order valence-corrected chi connectivity index (χ3v) is 11.1. The van der Waals surface area contributed by atoms with Crippen LogP contribution in [0.4, 0.5) is 4.39 Å². The van der Waals surface area contributed by atoms with Gasteiger partial charge < -0.3 is 5.32 Å².